The Morgan fingerprint density at radius 2 is 1.45 bits per heavy atom. The lowest BCUT2D eigenvalue weighted by atomic mass is 10.1. The molecule has 0 aromatic heterocycles. The molecule has 1 N–H and O–H groups in total. The van der Waals surface area contributed by atoms with Crippen LogP contribution in [0.1, 0.15) is 17.2 Å². The van der Waals surface area contributed by atoms with Crippen molar-refractivity contribution in [1.82, 2.24) is 4.90 Å². The molecule has 4 rings (SSSR count). The standard InChI is InChI=1S/C23H17BrN2O5S2/c1-26(23(32)33(29,30)21(27)25-15-12-10-14(24)11-13-15)22(28)31-20-18-8-4-2-6-16(18)17-7-3-5-9-19(17)20/h2-13,20H,1H3,(H,25,27). The van der Waals surface area contributed by atoms with Crippen LogP contribution in [0.5, 0.6) is 0 Å². The average Bonchev–Trinajstić information content (AvgIpc) is 3.13. The number of ether oxygens (including phenoxy) is 1. The van der Waals surface area contributed by atoms with Gasteiger partial charge in [0.25, 0.3) is 9.84 Å². The van der Waals surface area contributed by atoms with Gasteiger partial charge in [0.15, 0.2) is 6.10 Å². The number of hydrogen-bond donors (Lipinski definition) is 1. The molecule has 0 saturated heterocycles. The van der Waals surface area contributed by atoms with E-state index in [1.54, 1.807) is 12.1 Å². The summed E-state index contributed by atoms with van der Waals surface area (Å²) in [7, 11) is -3.50. The number of fused-ring (bicyclic) bond motifs is 3. The van der Waals surface area contributed by atoms with Gasteiger partial charge < -0.3 is 10.1 Å². The first-order chi connectivity index (χ1) is 15.7. The summed E-state index contributed by atoms with van der Waals surface area (Å²) >= 11 is 8.22. The number of halogens is 1. The molecular weight excluding hydrogens is 528 g/mol. The molecule has 0 fully saturated rings. The number of hydrogen-bond acceptors (Lipinski definition) is 6. The summed E-state index contributed by atoms with van der Waals surface area (Å²) in [4.78, 5) is 25.9. The molecule has 0 unspecified atom stereocenters. The van der Waals surface area contributed by atoms with E-state index in [1.165, 1.54) is 12.1 Å². The highest BCUT2D eigenvalue weighted by Gasteiger charge is 2.37. The van der Waals surface area contributed by atoms with E-state index < -0.39 is 31.6 Å². The summed E-state index contributed by atoms with van der Waals surface area (Å²) in [6, 6.07) is 21.3. The molecule has 7 nitrogen and oxygen atoms in total. The number of thiocarbonyl (C=S) groups is 1. The molecule has 2 amide bonds. The van der Waals surface area contributed by atoms with Crippen molar-refractivity contribution in [2.45, 2.75) is 6.10 Å². The first-order valence-corrected chi connectivity index (χ1v) is 12.4. The molecule has 0 heterocycles. The number of sulfone groups is 1. The van der Waals surface area contributed by atoms with Crippen LogP contribution in [0.4, 0.5) is 15.3 Å². The first kappa shape index (κ1) is 23.1. The van der Waals surface area contributed by atoms with Crippen molar-refractivity contribution >= 4 is 59.3 Å². The highest BCUT2D eigenvalue weighted by molar-refractivity contribution is 9.10. The van der Waals surface area contributed by atoms with Crippen molar-refractivity contribution < 1.29 is 22.7 Å². The molecule has 33 heavy (non-hydrogen) atoms. The second-order valence-corrected chi connectivity index (χ2v) is 10.5. The van der Waals surface area contributed by atoms with Gasteiger partial charge in [-0.05, 0) is 47.6 Å². The van der Waals surface area contributed by atoms with E-state index in [0.717, 1.165) is 33.8 Å². The van der Waals surface area contributed by atoms with Crippen molar-refractivity contribution in [3.05, 3.63) is 88.4 Å². The number of carbonyl (C=O) groups is 2. The number of nitrogens with one attached hydrogen (secondary N) is 1. The van der Waals surface area contributed by atoms with Crippen LogP contribution in [0.2, 0.25) is 0 Å². The monoisotopic (exact) mass is 544 g/mol. The van der Waals surface area contributed by atoms with Crippen molar-refractivity contribution in [3.8, 4) is 11.1 Å². The Balaban J connectivity index is 1.51. The zero-order chi connectivity index (χ0) is 23.8. The lowest BCUT2D eigenvalue weighted by Gasteiger charge is -2.21. The molecule has 0 bridgehead atoms. The van der Waals surface area contributed by atoms with Gasteiger partial charge in [0, 0.05) is 28.3 Å². The minimum atomic E-state index is -4.65. The van der Waals surface area contributed by atoms with Crippen LogP contribution in [0, 0.1) is 0 Å². The topological polar surface area (TPSA) is 92.8 Å². The summed E-state index contributed by atoms with van der Waals surface area (Å²) in [5.41, 5.74) is 3.68. The van der Waals surface area contributed by atoms with Crippen molar-refractivity contribution in [3.63, 3.8) is 0 Å². The van der Waals surface area contributed by atoms with Crippen LogP contribution < -0.4 is 5.32 Å². The van der Waals surface area contributed by atoms with E-state index in [4.69, 9.17) is 17.0 Å². The number of amides is 2. The fourth-order valence-electron chi connectivity index (χ4n) is 3.47. The lowest BCUT2D eigenvalue weighted by Crippen LogP contribution is -2.41. The fourth-order valence-corrected chi connectivity index (χ4v) is 4.88. The van der Waals surface area contributed by atoms with Gasteiger partial charge in [-0.3, -0.25) is 9.69 Å². The largest absolute Gasteiger partial charge is 0.436 e. The molecule has 0 atom stereocenters. The number of rotatable bonds is 2. The predicted octanol–water partition coefficient (Wildman–Crippen LogP) is 5.52. The number of nitrogens with zero attached hydrogens (tertiary/aromatic N) is 1. The summed E-state index contributed by atoms with van der Waals surface area (Å²) < 4.78 is 30.9. The molecule has 3 aromatic rings. The predicted molar refractivity (Wildman–Crippen MR) is 133 cm³/mol. The number of benzene rings is 3. The van der Waals surface area contributed by atoms with Gasteiger partial charge in [-0.1, -0.05) is 64.5 Å². The van der Waals surface area contributed by atoms with Crippen molar-refractivity contribution in [2.24, 2.45) is 0 Å². The summed E-state index contributed by atoms with van der Waals surface area (Å²) in [5, 5.41) is 0.928. The maximum absolute atomic E-state index is 12.8. The molecular formula is C23H17BrN2O5S2. The van der Waals surface area contributed by atoms with Crippen LogP contribution in [0.15, 0.2) is 77.3 Å². The normalized spacial score (nSPS) is 12.4. The third-order valence-corrected chi connectivity index (χ3v) is 7.89. The Kier molecular flexibility index (Phi) is 6.33. The Labute approximate surface area is 204 Å². The third-order valence-electron chi connectivity index (χ3n) is 5.11. The van der Waals surface area contributed by atoms with Crippen LogP contribution >= 0.6 is 28.1 Å². The highest BCUT2D eigenvalue weighted by Crippen LogP contribution is 2.45. The molecule has 0 spiro atoms. The van der Waals surface area contributed by atoms with Crippen LogP contribution in [0.25, 0.3) is 11.1 Å². The maximum atomic E-state index is 12.8. The maximum Gasteiger partial charge on any atom is 0.416 e. The molecule has 1 aliphatic rings. The summed E-state index contributed by atoms with van der Waals surface area (Å²) in [6.07, 6.45) is -1.72. The number of carbonyl (C=O) groups excluding carboxylic acids is 2. The Morgan fingerprint density at radius 1 is 0.939 bits per heavy atom. The highest BCUT2D eigenvalue weighted by atomic mass is 79.9. The third kappa shape index (κ3) is 4.41. The molecule has 10 heteroatoms. The second kappa shape index (κ2) is 9.05. The van der Waals surface area contributed by atoms with Gasteiger partial charge in [0.05, 0.1) is 0 Å². The zero-order valence-electron chi connectivity index (χ0n) is 17.2. The van der Waals surface area contributed by atoms with Gasteiger partial charge in [0.2, 0.25) is 4.32 Å². The minimum Gasteiger partial charge on any atom is -0.436 e. The molecule has 0 radical (unpaired) electrons. The molecule has 1 aliphatic carbocycles. The van der Waals surface area contributed by atoms with Gasteiger partial charge in [0.1, 0.15) is 0 Å². The Morgan fingerprint density at radius 3 is 2.00 bits per heavy atom. The van der Waals surface area contributed by atoms with Gasteiger partial charge in [-0.15, -0.1) is 0 Å². The SMILES string of the molecule is CN(C(=O)OC1c2ccccc2-c2ccccc21)C(=S)S(=O)(=O)C(=O)Nc1ccc(Br)cc1. The van der Waals surface area contributed by atoms with Crippen LogP contribution in [0.3, 0.4) is 0 Å². The van der Waals surface area contributed by atoms with E-state index in [9.17, 15) is 18.0 Å². The lowest BCUT2D eigenvalue weighted by molar-refractivity contribution is 0.102. The van der Waals surface area contributed by atoms with E-state index in [-0.39, 0.29) is 5.69 Å². The quantitative estimate of drug-likeness (QED) is 0.427. The van der Waals surface area contributed by atoms with Crippen molar-refractivity contribution in [2.75, 3.05) is 12.4 Å². The molecule has 168 valence electrons. The summed E-state index contributed by atoms with van der Waals surface area (Å²) in [5.74, 6) is 0. The van der Waals surface area contributed by atoms with Crippen LogP contribution in [-0.4, -0.2) is 36.0 Å². The van der Waals surface area contributed by atoms with Gasteiger partial charge >= 0.3 is 11.3 Å². The van der Waals surface area contributed by atoms with E-state index >= 15 is 0 Å². The van der Waals surface area contributed by atoms with Crippen molar-refractivity contribution in [1.29, 1.82) is 0 Å². The Hall–Kier alpha value is -3.08. The zero-order valence-corrected chi connectivity index (χ0v) is 20.4. The van der Waals surface area contributed by atoms with Gasteiger partial charge in [-0.25, -0.2) is 13.2 Å². The first-order valence-electron chi connectivity index (χ1n) is 9.68. The van der Waals surface area contributed by atoms with Crippen LogP contribution in [-0.2, 0) is 14.6 Å². The van der Waals surface area contributed by atoms with Gasteiger partial charge in [-0.2, -0.15) is 0 Å². The smallest absolute Gasteiger partial charge is 0.416 e. The number of anilines is 1. The molecule has 0 aliphatic heterocycles. The minimum absolute atomic E-state index is 0.263. The summed E-state index contributed by atoms with van der Waals surface area (Å²) in [6.45, 7) is 0. The van der Waals surface area contributed by atoms with E-state index in [1.807, 2.05) is 48.5 Å². The second-order valence-electron chi connectivity index (χ2n) is 7.19. The molecule has 3 aromatic carbocycles. The van der Waals surface area contributed by atoms with E-state index in [2.05, 4.69) is 21.2 Å². The Bertz CT molecular complexity index is 1330. The molecule has 0 saturated carbocycles. The van der Waals surface area contributed by atoms with E-state index in [0.29, 0.717) is 4.90 Å². The fraction of sp³-hybridized carbons (Fsp3) is 0.0870. The average molecular weight is 545 g/mol.